The second-order valence-electron chi connectivity index (χ2n) is 8.32. The Morgan fingerprint density at radius 3 is 1.12 bits per heavy atom. The molecule has 0 aromatic rings. The van der Waals surface area contributed by atoms with Gasteiger partial charge in [-0.05, 0) is 77.5 Å². The number of hydrogen-bond donors (Lipinski definition) is 2. The van der Waals surface area contributed by atoms with Gasteiger partial charge in [0.25, 0.3) is 0 Å². The van der Waals surface area contributed by atoms with Crippen molar-refractivity contribution in [3.05, 3.63) is 0 Å². The Kier molecular flexibility index (Phi) is 7.38. The zero-order valence-electron chi connectivity index (χ0n) is 15.4. The van der Waals surface area contributed by atoms with Crippen molar-refractivity contribution < 1.29 is 10.2 Å². The van der Waals surface area contributed by atoms with Crippen LogP contribution in [0.3, 0.4) is 0 Å². The Hall–Kier alpha value is -0.160. The average Bonchev–Trinajstić information content (AvgIpc) is 3.30. The third-order valence-corrected chi connectivity index (χ3v) is 6.61. The first-order valence-corrected chi connectivity index (χ1v) is 10.6. The van der Waals surface area contributed by atoms with Gasteiger partial charge in [0.2, 0.25) is 0 Å². The summed E-state index contributed by atoms with van der Waals surface area (Å²) < 4.78 is 0. The summed E-state index contributed by atoms with van der Waals surface area (Å²) in [5.41, 5.74) is 0. The minimum Gasteiger partial charge on any atom is -0.391 e. The van der Waals surface area contributed by atoms with E-state index in [0.717, 1.165) is 12.8 Å². The molecule has 4 aliphatic rings. The third kappa shape index (κ3) is 4.94. The van der Waals surface area contributed by atoms with Gasteiger partial charge < -0.3 is 10.2 Å². The van der Waals surface area contributed by atoms with Gasteiger partial charge in [-0.2, -0.15) is 0 Å². The number of aliphatic hydroxyl groups excluding tert-OH is 2. The summed E-state index contributed by atoms with van der Waals surface area (Å²) in [5.74, 6) is 0. The molecule has 4 nitrogen and oxygen atoms in total. The van der Waals surface area contributed by atoms with Crippen molar-refractivity contribution in [2.24, 2.45) is 0 Å². The molecule has 0 aromatic carbocycles. The van der Waals surface area contributed by atoms with Crippen LogP contribution in [0.25, 0.3) is 0 Å². The quantitative estimate of drug-likeness (QED) is 0.813. The minimum atomic E-state index is -0.0307. The van der Waals surface area contributed by atoms with Crippen molar-refractivity contribution in [3.63, 3.8) is 0 Å². The minimum absolute atomic E-state index is 0.0307. The van der Waals surface area contributed by atoms with Crippen molar-refractivity contribution in [3.8, 4) is 0 Å². The molecular weight excluding hydrogens is 300 g/mol. The second kappa shape index (κ2) is 9.51. The standard InChI is InChI=1S/2C10H19NO/c2*12-10-6-2-1-5-9(10)11-7-3-4-8-11/h2*9-10,12H,1-8H2/t2*9-,10-/m10/s1. The van der Waals surface area contributed by atoms with Gasteiger partial charge in [0, 0.05) is 12.1 Å². The van der Waals surface area contributed by atoms with E-state index in [1.54, 1.807) is 0 Å². The van der Waals surface area contributed by atoms with Gasteiger partial charge in [-0.25, -0.2) is 0 Å². The van der Waals surface area contributed by atoms with E-state index >= 15 is 0 Å². The molecule has 0 amide bonds. The lowest BCUT2D eigenvalue weighted by Gasteiger charge is -2.34. The zero-order valence-corrected chi connectivity index (χ0v) is 15.4. The molecule has 4 rings (SSSR count). The first-order valence-electron chi connectivity index (χ1n) is 10.6. The normalized spacial score (nSPS) is 38.8. The summed E-state index contributed by atoms with van der Waals surface area (Å²) in [4.78, 5) is 4.98. The topological polar surface area (TPSA) is 46.9 Å². The maximum atomic E-state index is 9.79. The van der Waals surface area contributed by atoms with Crippen molar-refractivity contribution in [1.29, 1.82) is 0 Å². The number of rotatable bonds is 2. The fraction of sp³-hybridized carbons (Fsp3) is 1.00. The predicted molar refractivity (Wildman–Crippen MR) is 98.1 cm³/mol. The van der Waals surface area contributed by atoms with Crippen LogP contribution in [0.4, 0.5) is 0 Å². The largest absolute Gasteiger partial charge is 0.391 e. The average molecular weight is 339 g/mol. The highest BCUT2D eigenvalue weighted by atomic mass is 16.3. The first kappa shape index (κ1) is 18.6. The zero-order chi connectivity index (χ0) is 16.8. The monoisotopic (exact) mass is 338 g/mol. The summed E-state index contributed by atoms with van der Waals surface area (Å²) in [5, 5.41) is 19.6. The van der Waals surface area contributed by atoms with Crippen LogP contribution in [-0.4, -0.2) is 70.5 Å². The summed E-state index contributed by atoms with van der Waals surface area (Å²) in [6.07, 6.45) is 14.9. The number of hydrogen-bond acceptors (Lipinski definition) is 4. The smallest absolute Gasteiger partial charge is 0.0695 e. The van der Waals surface area contributed by atoms with Crippen molar-refractivity contribution in [1.82, 2.24) is 9.80 Å². The van der Waals surface area contributed by atoms with Crippen LogP contribution >= 0.6 is 0 Å². The summed E-state index contributed by atoms with van der Waals surface area (Å²) in [7, 11) is 0. The third-order valence-electron chi connectivity index (χ3n) is 6.61. The molecular formula is C20H38N2O2. The molecule has 0 bridgehead atoms. The van der Waals surface area contributed by atoms with Crippen LogP contribution in [0.15, 0.2) is 0 Å². The Balaban J connectivity index is 0.000000141. The number of likely N-dealkylation sites (tertiary alicyclic amines) is 2. The van der Waals surface area contributed by atoms with Crippen molar-refractivity contribution in [2.75, 3.05) is 26.2 Å². The Labute approximate surface area is 148 Å². The molecule has 2 aliphatic carbocycles. The maximum absolute atomic E-state index is 9.79. The van der Waals surface area contributed by atoms with E-state index in [0.29, 0.717) is 12.1 Å². The number of nitrogens with zero attached hydrogens (tertiary/aromatic N) is 2. The number of aliphatic hydroxyl groups is 2. The fourth-order valence-electron chi connectivity index (χ4n) is 5.18. The highest BCUT2D eigenvalue weighted by molar-refractivity contribution is 4.86. The molecule has 2 saturated carbocycles. The van der Waals surface area contributed by atoms with E-state index < -0.39 is 0 Å². The van der Waals surface area contributed by atoms with Crippen LogP contribution in [0.5, 0.6) is 0 Å². The van der Waals surface area contributed by atoms with Gasteiger partial charge in [0.05, 0.1) is 12.2 Å². The van der Waals surface area contributed by atoms with E-state index in [1.165, 1.54) is 90.4 Å². The molecule has 0 radical (unpaired) electrons. The lowest BCUT2D eigenvalue weighted by molar-refractivity contribution is 0.0310. The van der Waals surface area contributed by atoms with E-state index in [4.69, 9.17) is 0 Å². The molecule has 0 unspecified atom stereocenters. The molecule has 4 atom stereocenters. The molecule has 2 N–H and O–H groups in total. The summed E-state index contributed by atoms with van der Waals surface area (Å²) >= 11 is 0. The van der Waals surface area contributed by atoms with Crippen LogP contribution in [0, 0.1) is 0 Å². The summed E-state index contributed by atoms with van der Waals surface area (Å²) in [6.45, 7) is 4.90. The lowest BCUT2D eigenvalue weighted by atomic mass is 9.91. The SMILES string of the molecule is O[C@@H]1CCCC[C@H]1N1CCCC1.O[C@H]1CCCC[C@@H]1N1CCCC1. The van der Waals surface area contributed by atoms with Gasteiger partial charge >= 0.3 is 0 Å². The second-order valence-corrected chi connectivity index (χ2v) is 8.32. The molecule has 2 heterocycles. The molecule has 4 heteroatoms. The summed E-state index contributed by atoms with van der Waals surface area (Å²) in [6, 6.07) is 1.00. The molecule has 0 spiro atoms. The van der Waals surface area contributed by atoms with Crippen LogP contribution < -0.4 is 0 Å². The van der Waals surface area contributed by atoms with Gasteiger partial charge in [0.15, 0.2) is 0 Å². The fourth-order valence-corrected chi connectivity index (χ4v) is 5.18. The van der Waals surface area contributed by atoms with Gasteiger partial charge in [-0.15, -0.1) is 0 Å². The van der Waals surface area contributed by atoms with Crippen LogP contribution in [-0.2, 0) is 0 Å². The lowest BCUT2D eigenvalue weighted by Crippen LogP contribution is -2.43. The predicted octanol–water partition coefficient (Wildman–Crippen LogP) is 2.77. The van der Waals surface area contributed by atoms with E-state index in [1.807, 2.05) is 0 Å². The van der Waals surface area contributed by atoms with E-state index in [9.17, 15) is 10.2 Å². The Morgan fingerprint density at radius 2 is 0.792 bits per heavy atom. The molecule has 24 heavy (non-hydrogen) atoms. The molecule has 2 aliphatic heterocycles. The van der Waals surface area contributed by atoms with Crippen molar-refractivity contribution in [2.45, 2.75) is 101 Å². The molecule has 0 aromatic heterocycles. The highest BCUT2D eigenvalue weighted by Gasteiger charge is 2.30. The van der Waals surface area contributed by atoms with Crippen LogP contribution in [0.2, 0.25) is 0 Å². The Bertz CT molecular complexity index is 320. The molecule has 4 fully saturated rings. The molecule has 2 saturated heterocycles. The first-order chi connectivity index (χ1) is 11.8. The maximum Gasteiger partial charge on any atom is 0.0695 e. The van der Waals surface area contributed by atoms with Gasteiger partial charge in [-0.3, -0.25) is 9.80 Å². The van der Waals surface area contributed by atoms with E-state index in [2.05, 4.69) is 9.80 Å². The Morgan fingerprint density at radius 1 is 0.458 bits per heavy atom. The van der Waals surface area contributed by atoms with E-state index in [-0.39, 0.29) is 12.2 Å². The van der Waals surface area contributed by atoms with Crippen LogP contribution in [0.1, 0.15) is 77.0 Å². The molecule has 140 valence electrons. The van der Waals surface area contributed by atoms with Crippen molar-refractivity contribution >= 4 is 0 Å². The van der Waals surface area contributed by atoms with Gasteiger partial charge in [0.1, 0.15) is 0 Å². The highest BCUT2D eigenvalue weighted by Crippen LogP contribution is 2.26. The van der Waals surface area contributed by atoms with Gasteiger partial charge in [-0.1, -0.05) is 25.7 Å².